The van der Waals surface area contributed by atoms with Gasteiger partial charge in [0.05, 0.1) is 5.56 Å². The Labute approximate surface area is 113 Å². The zero-order valence-corrected chi connectivity index (χ0v) is 11.5. The van der Waals surface area contributed by atoms with E-state index in [1.807, 2.05) is 43.3 Å². The molecule has 0 fully saturated rings. The van der Waals surface area contributed by atoms with Crippen LogP contribution in [0.15, 0.2) is 50.8 Å². The molecule has 0 saturated carbocycles. The lowest BCUT2D eigenvalue weighted by molar-refractivity contribution is 1.05. The van der Waals surface area contributed by atoms with E-state index in [1.54, 1.807) is 0 Å². The van der Waals surface area contributed by atoms with Crippen molar-refractivity contribution < 1.29 is 0 Å². The van der Waals surface area contributed by atoms with Crippen LogP contribution in [0.3, 0.4) is 0 Å². The van der Waals surface area contributed by atoms with Crippen molar-refractivity contribution in [3.8, 4) is 6.07 Å². The zero-order chi connectivity index (χ0) is 12.3. The predicted molar refractivity (Wildman–Crippen MR) is 72.0 cm³/mol. The number of aryl methyl sites for hydroxylation is 1. The zero-order valence-electron chi connectivity index (χ0n) is 9.14. The third-order valence-corrected chi connectivity index (χ3v) is 3.62. The molecular formula is C13H9BrN2S. The molecule has 0 saturated heterocycles. The lowest BCUT2D eigenvalue weighted by Crippen LogP contribution is -1.89. The molecule has 1 aromatic heterocycles. The van der Waals surface area contributed by atoms with Crippen LogP contribution < -0.4 is 0 Å². The number of benzene rings is 1. The van der Waals surface area contributed by atoms with Crippen LogP contribution in [-0.4, -0.2) is 4.98 Å². The Balaban J connectivity index is 2.36. The molecule has 0 aliphatic carbocycles. The summed E-state index contributed by atoms with van der Waals surface area (Å²) in [5.41, 5.74) is 1.53. The summed E-state index contributed by atoms with van der Waals surface area (Å²) in [4.78, 5) is 5.46. The van der Waals surface area contributed by atoms with Crippen molar-refractivity contribution >= 4 is 27.7 Å². The van der Waals surface area contributed by atoms with Gasteiger partial charge in [-0.15, -0.1) is 0 Å². The van der Waals surface area contributed by atoms with Gasteiger partial charge in [0.1, 0.15) is 11.1 Å². The van der Waals surface area contributed by atoms with Gasteiger partial charge >= 0.3 is 0 Å². The number of halogens is 1. The number of nitrogens with zero attached hydrogens (tertiary/aromatic N) is 2. The number of aromatic nitrogens is 1. The molecule has 0 atom stereocenters. The van der Waals surface area contributed by atoms with Gasteiger partial charge in [-0.25, -0.2) is 4.98 Å². The van der Waals surface area contributed by atoms with E-state index in [2.05, 4.69) is 27.0 Å². The lowest BCUT2D eigenvalue weighted by atomic mass is 10.3. The molecule has 1 aromatic carbocycles. The van der Waals surface area contributed by atoms with Gasteiger partial charge < -0.3 is 0 Å². The van der Waals surface area contributed by atoms with E-state index in [0.717, 1.165) is 20.1 Å². The van der Waals surface area contributed by atoms with Crippen LogP contribution in [0, 0.1) is 18.3 Å². The number of hydrogen-bond donors (Lipinski definition) is 0. The van der Waals surface area contributed by atoms with Crippen LogP contribution in [0.4, 0.5) is 0 Å². The van der Waals surface area contributed by atoms with Crippen molar-refractivity contribution in [2.75, 3.05) is 0 Å². The highest BCUT2D eigenvalue weighted by Gasteiger charge is 2.06. The number of pyridine rings is 1. The van der Waals surface area contributed by atoms with Gasteiger partial charge in [0.2, 0.25) is 0 Å². The topological polar surface area (TPSA) is 36.7 Å². The Morgan fingerprint density at radius 1 is 1.29 bits per heavy atom. The molecule has 2 rings (SSSR count). The standard InChI is InChI=1S/C13H9BrN2S/c1-9-5-6-10(8-15)13(16-9)17-12-4-2-3-11(14)7-12/h2-7H,1H3. The average molecular weight is 305 g/mol. The summed E-state index contributed by atoms with van der Waals surface area (Å²) in [5.74, 6) is 0. The fourth-order valence-electron chi connectivity index (χ4n) is 1.34. The van der Waals surface area contributed by atoms with Crippen molar-refractivity contribution in [2.45, 2.75) is 16.8 Å². The molecule has 4 heteroatoms. The third-order valence-electron chi connectivity index (χ3n) is 2.13. The smallest absolute Gasteiger partial charge is 0.119 e. The summed E-state index contributed by atoms with van der Waals surface area (Å²) in [7, 11) is 0. The molecule has 1 heterocycles. The first kappa shape index (κ1) is 12.2. The fourth-order valence-corrected chi connectivity index (χ4v) is 2.86. The second-order valence-corrected chi connectivity index (χ2v) is 5.45. The molecule has 0 aliphatic heterocycles. The Morgan fingerprint density at radius 3 is 2.82 bits per heavy atom. The number of hydrogen-bond acceptors (Lipinski definition) is 3. The van der Waals surface area contributed by atoms with Gasteiger partial charge in [-0.3, -0.25) is 0 Å². The maximum atomic E-state index is 9.03. The first-order chi connectivity index (χ1) is 8.19. The summed E-state index contributed by atoms with van der Waals surface area (Å²) in [6, 6.07) is 13.8. The van der Waals surface area contributed by atoms with E-state index < -0.39 is 0 Å². The molecule has 17 heavy (non-hydrogen) atoms. The van der Waals surface area contributed by atoms with Crippen LogP contribution >= 0.6 is 27.7 Å². The van der Waals surface area contributed by atoms with E-state index in [4.69, 9.17) is 5.26 Å². The summed E-state index contributed by atoms with van der Waals surface area (Å²) in [6.07, 6.45) is 0. The maximum Gasteiger partial charge on any atom is 0.119 e. The van der Waals surface area contributed by atoms with Gasteiger partial charge in [0.25, 0.3) is 0 Å². The van der Waals surface area contributed by atoms with Gasteiger partial charge in [0.15, 0.2) is 0 Å². The second-order valence-electron chi connectivity index (χ2n) is 3.48. The highest BCUT2D eigenvalue weighted by atomic mass is 79.9. The largest absolute Gasteiger partial charge is 0.245 e. The van der Waals surface area contributed by atoms with Crippen molar-refractivity contribution in [1.82, 2.24) is 4.98 Å². The first-order valence-corrected chi connectivity index (χ1v) is 6.61. The molecule has 2 aromatic rings. The lowest BCUT2D eigenvalue weighted by Gasteiger charge is -2.04. The fraction of sp³-hybridized carbons (Fsp3) is 0.0769. The molecule has 0 aliphatic rings. The molecule has 0 radical (unpaired) electrons. The highest BCUT2D eigenvalue weighted by molar-refractivity contribution is 9.10. The summed E-state index contributed by atoms with van der Waals surface area (Å²) in [6.45, 7) is 1.92. The van der Waals surface area contributed by atoms with Crippen LogP contribution in [0.5, 0.6) is 0 Å². The molecule has 2 nitrogen and oxygen atoms in total. The van der Waals surface area contributed by atoms with Crippen molar-refractivity contribution in [3.63, 3.8) is 0 Å². The molecule has 0 spiro atoms. The second kappa shape index (κ2) is 5.35. The molecule has 0 unspecified atom stereocenters. The Bertz CT molecular complexity index is 590. The average Bonchev–Trinajstić information content (AvgIpc) is 2.29. The van der Waals surface area contributed by atoms with Gasteiger partial charge in [-0.2, -0.15) is 5.26 Å². The van der Waals surface area contributed by atoms with Crippen molar-refractivity contribution in [3.05, 3.63) is 52.1 Å². The Kier molecular flexibility index (Phi) is 3.82. The summed E-state index contributed by atoms with van der Waals surface area (Å²) in [5, 5.41) is 9.78. The molecule has 84 valence electrons. The minimum absolute atomic E-state index is 0.612. The van der Waals surface area contributed by atoms with Crippen molar-refractivity contribution in [1.29, 1.82) is 5.26 Å². The maximum absolute atomic E-state index is 9.03. The first-order valence-electron chi connectivity index (χ1n) is 5.00. The van der Waals surface area contributed by atoms with Crippen molar-refractivity contribution in [2.24, 2.45) is 0 Å². The van der Waals surface area contributed by atoms with Crippen LogP contribution in [0.25, 0.3) is 0 Å². The third kappa shape index (κ3) is 3.09. The van der Waals surface area contributed by atoms with E-state index in [-0.39, 0.29) is 0 Å². The van der Waals surface area contributed by atoms with Gasteiger partial charge in [-0.1, -0.05) is 33.8 Å². The monoisotopic (exact) mass is 304 g/mol. The quantitative estimate of drug-likeness (QED) is 0.835. The van der Waals surface area contributed by atoms with Crippen LogP contribution in [0.2, 0.25) is 0 Å². The number of nitriles is 1. The van der Waals surface area contributed by atoms with Crippen LogP contribution in [-0.2, 0) is 0 Å². The van der Waals surface area contributed by atoms with Gasteiger partial charge in [-0.05, 0) is 37.3 Å². The minimum Gasteiger partial charge on any atom is -0.245 e. The highest BCUT2D eigenvalue weighted by Crippen LogP contribution is 2.30. The predicted octanol–water partition coefficient (Wildman–Crippen LogP) is 4.18. The van der Waals surface area contributed by atoms with Crippen LogP contribution in [0.1, 0.15) is 11.3 Å². The molecular weight excluding hydrogens is 296 g/mol. The van der Waals surface area contributed by atoms with Gasteiger partial charge in [0, 0.05) is 15.1 Å². The molecule has 0 bridgehead atoms. The summed E-state index contributed by atoms with van der Waals surface area (Å²) >= 11 is 4.93. The van der Waals surface area contributed by atoms with E-state index in [1.165, 1.54) is 11.8 Å². The van der Waals surface area contributed by atoms with E-state index in [9.17, 15) is 0 Å². The summed E-state index contributed by atoms with van der Waals surface area (Å²) < 4.78 is 1.02. The SMILES string of the molecule is Cc1ccc(C#N)c(Sc2cccc(Br)c2)n1. The molecule has 0 amide bonds. The Morgan fingerprint density at radius 2 is 2.12 bits per heavy atom. The van der Waals surface area contributed by atoms with E-state index >= 15 is 0 Å². The minimum atomic E-state index is 0.612. The number of rotatable bonds is 2. The molecule has 0 N–H and O–H groups in total. The Hall–Kier alpha value is -1.31. The van der Waals surface area contributed by atoms with E-state index in [0.29, 0.717) is 5.56 Å². The normalized spacial score (nSPS) is 9.94.